The van der Waals surface area contributed by atoms with Crippen LogP contribution in [0.25, 0.3) is 0 Å². The fourth-order valence-corrected chi connectivity index (χ4v) is 1.94. The van der Waals surface area contributed by atoms with Gasteiger partial charge in [-0.2, -0.15) is 0 Å². The van der Waals surface area contributed by atoms with Crippen LogP contribution >= 0.6 is 0 Å². The molecule has 1 aromatic rings. The zero-order chi connectivity index (χ0) is 14.5. The number of hydrogen-bond donors (Lipinski definition) is 3. The molecule has 20 heavy (non-hydrogen) atoms. The number of methoxy groups -OCH3 is 1. The second-order valence-electron chi connectivity index (χ2n) is 4.89. The number of carbonyl (C=O) groups is 2. The Balaban J connectivity index is 1.89. The van der Waals surface area contributed by atoms with E-state index in [1.165, 1.54) is 7.11 Å². The minimum absolute atomic E-state index is 0.0101. The van der Waals surface area contributed by atoms with Crippen LogP contribution in [0.4, 0.5) is 16.2 Å². The number of rotatable bonds is 4. The highest BCUT2D eigenvalue weighted by atomic mass is 16.5. The first kappa shape index (κ1) is 14.3. The molecular weight excluding hydrogens is 258 g/mol. The summed E-state index contributed by atoms with van der Waals surface area (Å²) in [6.07, 6.45) is -0.520. The first-order valence-electron chi connectivity index (χ1n) is 6.56. The summed E-state index contributed by atoms with van der Waals surface area (Å²) in [4.78, 5) is 23.1. The number of carbonyl (C=O) groups excluding carboxylic acids is 2. The van der Waals surface area contributed by atoms with Gasteiger partial charge in [0, 0.05) is 17.3 Å². The first-order chi connectivity index (χ1) is 9.60. The van der Waals surface area contributed by atoms with Gasteiger partial charge < -0.3 is 15.4 Å². The maximum Gasteiger partial charge on any atom is 0.411 e. The highest BCUT2D eigenvalue weighted by molar-refractivity contribution is 5.93. The number of ether oxygens (including phenoxy) is 1. The number of nitrogens with one attached hydrogen (secondary N) is 3. The molecule has 6 heteroatoms. The van der Waals surface area contributed by atoms with Gasteiger partial charge in [0.2, 0.25) is 5.91 Å². The van der Waals surface area contributed by atoms with Crippen LogP contribution in [0, 0.1) is 11.8 Å². The first-order valence-corrected chi connectivity index (χ1v) is 6.56. The number of hydrogen-bond acceptors (Lipinski definition) is 4. The summed E-state index contributed by atoms with van der Waals surface area (Å²) in [6.45, 7) is 3.74. The van der Waals surface area contributed by atoms with Crippen LogP contribution in [0.15, 0.2) is 24.3 Å². The van der Waals surface area contributed by atoms with E-state index in [2.05, 4.69) is 20.7 Å². The van der Waals surface area contributed by atoms with Gasteiger partial charge in [0.1, 0.15) is 0 Å². The fourth-order valence-electron chi connectivity index (χ4n) is 1.94. The van der Waals surface area contributed by atoms with Crippen molar-refractivity contribution in [1.29, 1.82) is 0 Å². The molecule has 1 heterocycles. The van der Waals surface area contributed by atoms with Crippen LogP contribution < -0.4 is 16.0 Å². The molecule has 0 saturated carbocycles. The summed E-state index contributed by atoms with van der Waals surface area (Å²) in [7, 11) is 1.31. The molecule has 2 rings (SSSR count). The average Bonchev–Trinajstić information content (AvgIpc) is 2.38. The summed E-state index contributed by atoms with van der Waals surface area (Å²) in [5, 5.41) is 8.58. The summed E-state index contributed by atoms with van der Waals surface area (Å²) >= 11 is 0. The largest absolute Gasteiger partial charge is 0.453 e. The van der Waals surface area contributed by atoms with Crippen molar-refractivity contribution in [2.75, 3.05) is 30.8 Å². The third-order valence-electron chi connectivity index (χ3n) is 3.52. The Hall–Kier alpha value is -2.08. The third kappa shape index (κ3) is 3.48. The van der Waals surface area contributed by atoms with Crippen molar-refractivity contribution in [1.82, 2.24) is 5.32 Å². The fraction of sp³-hybridized carbons (Fsp3) is 0.429. The van der Waals surface area contributed by atoms with Gasteiger partial charge in [-0.15, -0.1) is 0 Å². The molecule has 1 unspecified atom stereocenters. The van der Waals surface area contributed by atoms with E-state index in [0.717, 1.165) is 13.1 Å². The van der Waals surface area contributed by atoms with E-state index in [1.54, 1.807) is 24.3 Å². The van der Waals surface area contributed by atoms with Gasteiger partial charge in [0.25, 0.3) is 0 Å². The molecular formula is C14H19N3O3. The van der Waals surface area contributed by atoms with Gasteiger partial charge in [0.15, 0.2) is 0 Å². The number of anilines is 2. The van der Waals surface area contributed by atoms with Crippen molar-refractivity contribution in [3.63, 3.8) is 0 Å². The Morgan fingerprint density at radius 3 is 2.20 bits per heavy atom. The highest BCUT2D eigenvalue weighted by Gasteiger charge is 2.28. The maximum absolute atomic E-state index is 12.0. The summed E-state index contributed by atoms with van der Waals surface area (Å²) in [5.41, 5.74) is 1.33. The standard InChI is InChI=1S/C14H19N3O3/c1-9(10-7-15-8-10)13(18)16-11-3-5-12(6-4-11)17-14(19)20-2/h3-6,9-10,15H,7-8H2,1-2H3,(H,16,18)(H,17,19). The zero-order valence-electron chi connectivity index (χ0n) is 11.6. The molecule has 1 aliphatic heterocycles. The van der Waals surface area contributed by atoms with E-state index >= 15 is 0 Å². The van der Waals surface area contributed by atoms with E-state index in [0.29, 0.717) is 17.3 Å². The number of benzene rings is 1. The molecule has 3 N–H and O–H groups in total. The monoisotopic (exact) mass is 277 g/mol. The summed E-state index contributed by atoms with van der Waals surface area (Å²) in [6, 6.07) is 6.91. The normalized spacial score (nSPS) is 15.9. The van der Waals surface area contributed by atoms with Crippen LogP contribution in [0.3, 0.4) is 0 Å². The highest BCUT2D eigenvalue weighted by Crippen LogP contribution is 2.19. The average molecular weight is 277 g/mol. The zero-order valence-corrected chi connectivity index (χ0v) is 11.6. The molecule has 0 aliphatic carbocycles. The molecule has 0 bridgehead atoms. The smallest absolute Gasteiger partial charge is 0.411 e. The molecule has 2 amide bonds. The molecule has 1 atom stereocenters. The molecule has 1 aliphatic rings. The van der Waals surface area contributed by atoms with E-state index in [9.17, 15) is 9.59 Å². The SMILES string of the molecule is COC(=O)Nc1ccc(NC(=O)C(C)C2CNC2)cc1. The Morgan fingerprint density at radius 2 is 1.75 bits per heavy atom. The lowest BCUT2D eigenvalue weighted by Crippen LogP contribution is -2.48. The molecule has 0 spiro atoms. The van der Waals surface area contributed by atoms with Crippen LogP contribution in [0.5, 0.6) is 0 Å². The van der Waals surface area contributed by atoms with Gasteiger partial charge in [-0.3, -0.25) is 10.1 Å². The molecule has 1 aromatic carbocycles. The maximum atomic E-state index is 12.0. The van der Waals surface area contributed by atoms with Crippen molar-refractivity contribution in [2.24, 2.45) is 11.8 Å². The molecule has 1 saturated heterocycles. The Labute approximate surface area is 117 Å². The molecule has 6 nitrogen and oxygen atoms in total. The van der Waals surface area contributed by atoms with E-state index in [-0.39, 0.29) is 11.8 Å². The van der Waals surface area contributed by atoms with Crippen LogP contribution in [0.2, 0.25) is 0 Å². The lowest BCUT2D eigenvalue weighted by atomic mass is 9.88. The summed E-state index contributed by atoms with van der Waals surface area (Å²) < 4.78 is 4.50. The Morgan fingerprint density at radius 1 is 1.20 bits per heavy atom. The predicted molar refractivity (Wildman–Crippen MR) is 76.6 cm³/mol. The second-order valence-corrected chi connectivity index (χ2v) is 4.89. The minimum atomic E-state index is -0.520. The lowest BCUT2D eigenvalue weighted by Gasteiger charge is -2.31. The van der Waals surface area contributed by atoms with Crippen LogP contribution in [-0.4, -0.2) is 32.2 Å². The molecule has 108 valence electrons. The lowest BCUT2D eigenvalue weighted by molar-refractivity contribution is -0.121. The van der Waals surface area contributed by atoms with Gasteiger partial charge in [0.05, 0.1) is 7.11 Å². The minimum Gasteiger partial charge on any atom is -0.453 e. The molecule has 0 aromatic heterocycles. The quantitative estimate of drug-likeness (QED) is 0.782. The topological polar surface area (TPSA) is 79.5 Å². The van der Waals surface area contributed by atoms with Crippen molar-refractivity contribution in [2.45, 2.75) is 6.92 Å². The summed E-state index contributed by atoms with van der Waals surface area (Å²) in [5.74, 6) is 0.421. The van der Waals surface area contributed by atoms with Gasteiger partial charge in [-0.1, -0.05) is 6.92 Å². The Kier molecular flexibility index (Phi) is 4.57. The second kappa shape index (κ2) is 6.38. The van der Waals surface area contributed by atoms with Crippen molar-refractivity contribution < 1.29 is 14.3 Å². The van der Waals surface area contributed by atoms with E-state index in [4.69, 9.17) is 0 Å². The van der Waals surface area contributed by atoms with Gasteiger partial charge in [-0.05, 0) is 43.3 Å². The van der Waals surface area contributed by atoms with Gasteiger partial charge in [-0.25, -0.2) is 4.79 Å². The molecule has 1 fully saturated rings. The molecule has 0 radical (unpaired) electrons. The van der Waals surface area contributed by atoms with Crippen molar-refractivity contribution >= 4 is 23.4 Å². The van der Waals surface area contributed by atoms with Crippen LogP contribution in [0.1, 0.15) is 6.92 Å². The van der Waals surface area contributed by atoms with E-state index < -0.39 is 6.09 Å². The van der Waals surface area contributed by atoms with Crippen LogP contribution in [-0.2, 0) is 9.53 Å². The van der Waals surface area contributed by atoms with Crippen molar-refractivity contribution in [3.05, 3.63) is 24.3 Å². The van der Waals surface area contributed by atoms with E-state index in [1.807, 2.05) is 6.92 Å². The third-order valence-corrected chi connectivity index (χ3v) is 3.52. The Bertz CT molecular complexity index is 483. The van der Waals surface area contributed by atoms with Gasteiger partial charge >= 0.3 is 6.09 Å². The van der Waals surface area contributed by atoms with Crippen molar-refractivity contribution in [3.8, 4) is 0 Å². The predicted octanol–water partition coefficient (Wildman–Crippen LogP) is 1.66. The number of amides is 2.